The molecule has 14 nitrogen and oxygen atoms in total. The third kappa shape index (κ3) is 8.22. The molecule has 6 amide bonds. The molecule has 2 aliphatic rings. The maximum atomic E-state index is 13.1. The summed E-state index contributed by atoms with van der Waals surface area (Å²) in [6.45, 7) is 2.27. The minimum atomic E-state index is -1.05. The molecule has 2 aromatic rings. The predicted molar refractivity (Wildman–Crippen MR) is 150 cm³/mol. The first-order chi connectivity index (χ1) is 20.9. The van der Waals surface area contributed by atoms with Crippen LogP contribution in [0.3, 0.4) is 0 Å². The summed E-state index contributed by atoms with van der Waals surface area (Å²) in [6.07, 6.45) is 0.683. The molecule has 1 saturated heterocycles. The van der Waals surface area contributed by atoms with E-state index in [2.05, 4.69) is 16.0 Å². The number of hydrogen-bond donors (Lipinski definition) is 3. The van der Waals surface area contributed by atoms with Gasteiger partial charge in [-0.05, 0) is 42.8 Å². The van der Waals surface area contributed by atoms with Crippen molar-refractivity contribution in [3.63, 3.8) is 0 Å². The molecule has 0 aromatic heterocycles. The first-order valence-electron chi connectivity index (χ1n) is 13.7. The third-order valence-corrected chi connectivity index (χ3v) is 6.56. The standard InChI is InChI=1S/C29H32N4O10/c34-18-31-20-6-4-19(5-7-20)26(36)30-10-11-40-12-13-41-14-15-42-16-17-43-23-3-1-2-21-25(23)29(39)33(28(21)38)22-8-9-24(35)32-27(22)37/h1-7,18,22H,8-17H2,(H,30,36)(H,31,34)(H,32,35,37). The Morgan fingerprint density at radius 1 is 0.884 bits per heavy atom. The van der Waals surface area contributed by atoms with Crippen LogP contribution in [0.4, 0.5) is 5.69 Å². The second-order valence-electron chi connectivity index (χ2n) is 9.41. The average molecular weight is 597 g/mol. The second-order valence-corrected chi connectivity index (χ2v) is 9.41. The Kier molecular flexibility index (Phi) is 11.3. The van der Waals surface area contributed by atoms with E-state index < -0.39 is 29.7 Å². The smallest absolute Gasteiger partial charge is 0.266 e. The summed E-state index contributed by atoms with van der Waals surface area (Å²) in [5.41, 5.74) is 1.30. The van der Waals surface area contributed by atoms with E-state index >= 15 is 0 Å². The van der Waals surface area contributed by atoms with Crippen LogP contribution < -0.4 is 20.7 Å². The summed E-state index contributed by atoms with van der Waals surface area (Å²) < 4.78 is 22.1. The van der Waals surface area contributed by atoms with Gasteiger partial charge in [-0.15, -0.1) is 0 Å². The fourth-order valence-electron chi connectivity index (χ4n) is 4.48. The van der Waals surface area contributed by atoms with Gasteiger partial charge in [0.05, 0.1) is 50.8 Å². The summed E-state index contributed by atoms with van der Waals surface area (Å²) in [4.78, 5) is 73.0. The molecule has 2 aliphatic heterocycles. The van der Waals surface area contributed by atoms with E-state index in [9.17, 15) is 28.8 Å². The maximum Gasteiger partial charge on any atom is 0.266 e. The van der Waals surface area contributed by atoms with Crippen molar-refractivity contribution in [2.45, 2.75) is 18.9 Å². The molecule has 0 bridgehead atoms. The largest absolute Gasteiger partial charge is 0.490 e. The molecule has 43 heavy (non-hydrogen) atoms. The van der Waals surface area contributed by atoms with Crippen molar-refractivity contribution < 1.29 is 47.7 Å². The fraction of sp³-hybridized carbons (Fsp3) is 0.379. The van der Waals surface area contributed by atoms with Gasteiger partial charge < -0.3 is 29.6 Å². The third-order valence-electron chi connectivity index (χ3n) is 6.56. The number of rotatable bonds is 17. The van der Waals surface area contributed by atoms with Crippen LogP contribution in [0.25, 0.3) is 0 Å². The van der Waals surface area contributed by atoms with E-state index in [1.165, 1.54) is 6.07 Å². The van der Waals surface area contributed by atoms with Crippen molar-refractivity contribution in [3.8, 4) is 5.75 Å². The van der Waals surface area contributed by atoms with E-state index in [4.69, 9.17) is 18.9 Å². The van der Waals surface area contributed by atoms with Gasteiger partial charge in [-0.3, -0.25) is 39.0 Å². The molecule has 2 heterocycles. The number of piperidine rings is 1. The lowest BCUT2D eigenvalue weighted by Crippen LogP contribution is -2.54. The molecule has 1 unspecified atom stereocenters. The Labute approximate surface area is 247 Å². The molecular weight excluding hydrogens is 564 g/mol. The number of hydrogen-bond acceptors (Lipinski definition) is 10. The van der Waals surface area contributed by atoms with Crippen LogP contribution in [0.5, 0.6) is 5.75 Å². The van der Waals surface area contributed by atoms with E-state index in [0.717, 1.165) is 4.90 Å². The predicted octanol–water partition coefficient (Wildman–Crippen LogP) is 0.515. The summed E-state index contributed by atoms with van der Waals surface area (Å²) >= 11 is 0. The molecule has 228 valence electrons. The van der Waals surface area contributed by atoms with E-state index in [1.807, 2.05) is 0 Å². The van der Waals surface area contributed by atoms with Crippen molar-refractivity contribution in [3.05, 3.63) is 59.2 Å². The van der Waals surface area contributed by atoms with Crippen LogP contribution in [-0.4, -0.2) is 99.7 Å². The Hall–Kier alpha value is -4.66. The van der Waals surface area contributed by atoms with Gasteiger partial charge in [-0.1, -0.05) is 6.07 Å². The fourth-order valence-corrected chi connectivity index (χ4v) is 4.48. The molecule has 3 N–H and O–H groups in total. The lowest BCUT2D eigenvalue weighted by atomic mass is 10.0. The lowest BCUT2D eigenvalue weighted by Gasteiger charge is -2.27. The van der Waals surface area contributed by atoms with Crippen LogP contribution in [0.1, 0.15) is 43.9 Å². The highest BCUT2D eigenvalue weighted by Crippen LogP contribution is 2.33. The minimum Gasteiger partial charge on any atom is -0.490 e. The van der Waals surface area contributed by atoms with Crippen molar-refractivity contribution in [2.24, 2.45) is 0 Å². The highest BCUT2D eigenvalue weighted by molar-refractivity contribution is 6.24. The van der Waals surface area contributed by atoms with Gasteiger partial charge in [0.1, 0.15) is 18.4 Å². The van der Waals surface area contributed by atoms with Crippen LogP contribution in [-0.2, 0) is 28.6 Å². The summed E-state index contributed by atoms with van der Waals surface area (Å²) in [5, 5.41) is 7.41. The monoisotopic (exact) mass is 596 g/mol. The molecule has 14 heteroatoms. The first-order valence-corrected chi connectivity index (χ1v) is 13.7. The zero-order valence-corrected chi connectivity index (χ0v) is 23.3. The van der Waals surface area contributed by atoms with Crippen LogP contribution in [0, 0.1) is 0 Å². The highest BCUT2D eigenvalue weighted by atomic mass is 16.6. The number of amides is 6. The topological polar surface area (TPSA) is 179 Å². The zero-order valence-electron chi connectivity index (χ0n) is 23.3. The summed E-state index contributed by atoms with van der Waals surface area (Å²) in [6, 6.07) is 10.1. The van der Waals surface area contributed by atoms with Crippen molar-refractivity contribution >= 4 is 41.6 Å². The molecule has 0 radical (unpaired) electrons. The normalized spacial score (nSPS) is 16.1. The number of nitrogens with zero attached hydrogens (tertiary/aromatic N) is 1. The molecule has 2 aromatic carbocycles. The number of benzene rings is 2. The Morgan fingerprint density at radius 3 is 2.23 bits per heavy atom. The number of carbonyl (C=O) groups excluding carboxylic acids is 6. The molecule has 4 rings (SSSR count). The molecule has 0 saturated carbocycles. The molecular formula is C29H32N4O10. The minimum absolute atomic E-state index is 0.0430. The number of ether oxygens (including phenoxy) is 4. The van der Waals surface area contributed by atoms with Gasteiger partial charge in [0, 0.05) is 24.2 Å². The van der Waals surface area contributed by atoms with Crippen LogP contribution in [0.2, 0.25) is 0 Å². The number of anilines is 1. The molecule has 1 fully saturated rings. The van der Waals surface area contributed by atoms with E-state index in [-0.39, 0.29) is 48.8 Å². The van der Waals surface area contributed by atoms with Crippen LogP contribution >= 0.6 is 0 Å². The molecule has 0 aliphatic carbocycles. The Bertz CT molecular complexity index is 1350. The Morgan fingerprint density at radius 2 is 1.56 bits per heavy atom. The van der Waals surface area contributed by atoms with Crippen molar-refractivity contribution in [1.82, 2.24) is 15.5 Å². The second kappa shape index (κ2) is 15.5. The first kappa shape index (κ1) is 31.3. The van der Waals surface area contributed by atoms with Gasteiger partial charge in [0.15, 0.2) is 0 Å². The van der Waals surface area contributed by atoms with Crippen molar-refractivity contribution in [2.75, 3.05) is 58.1 Å². The van der Waals surface area contributed by atoms with E-state index in [0.29, 0.717) is 57.2 Å². The van der Waals surface area contributed by atoms with Gasteiger partial charge in [-0.25, -0.2) is 0 Å². The maximum absolute atomic E-state index is 13.1. The number of imide groups is 2. The number of fused-ring (bicyclic) bond motifs is 1. The summed E-state index contributed by atoms with van der Waals surface area (Å²) in [7, 11) is 0. The highest BCUT2D eigenvalue weighted by Gasteiger charge is 2.46. The van der Waals surface area contributed by atoms with Crippen molar-refractivity contribution in [1.29, 1.82) is 0 Å². The zero-order chi connectivity index (χ0) is 30.6. The quantitative estimate of drug-likeness (QED) is 0.132. The van der Waals surface area contributed by atoms with Gasteiger partial charge >= 0.3 is 0 Å². The lowest BCUT2D eigenvalue weighted by molar-refractivity contribution is -0.136. The number of nitrogens with one attached hydrogen (secondary N) is 3. The SMILES string of the molecule is O=CNc1ccc(C(=O)NCCOCCOCCOCCOc2cccc3c2C(=O)N(C2CCC(=O)NC2=O)C3=O)cc1. The summed E-state index contributed by atoms with van der Waals surface area (Å²) in [5.74, 6) is -2.38. The van der Waals surface area contributed by atoms with Crippen LogP contribution in [0.15, 0.2) is 42.5 Å². The van der Waals surface area contributed by atoms with Gasteiger partial charge in [0.2, 0.25) is 18.2 Å². The van der Waals surface area contributed by atoms with E-state index in [1.54, 1.807) is 36.4 Å². The molecule has 0 spiro atoms. The Balaban J connectivity index is 1.05. The van der Waals surface area contributed by atoms with Gasteiger partial charge in [-0.2, -0.15) is 0 Å². The van der Waals surface area contributed by atoms with Gasteiger partial charge in [0.25, 0.3) is 17.7 Å². The number of carbonyl (C=O) groups is 6. The average Bonchev–Trinajstić information content (AvgIpc) is 3.25. The molecule has 1 atom stereocenters.